The first-order valence-electron chi connectivity index (χ1n) is 2.21. The predicted molar refractivity (Wildman–Crippen MR) is 28.7 cm³/mol. The molecule has 1 amide bonds. The maximum absolute atomic E-state index is 11.4. The van der Waals surface area contributed by atoms with E-state index in [2.05, 4.69) is 5.32 Å². The van der Waals surface area contributed by atoms with Crippen LogP contribution in [0.25, 0.3) is 0 Å². The third-order valence-corrected chi connectivity index (χ3v) is 0.537. The summed E-state index contributed by atoms with van der Waals surface area (Å²) >= 11 is 0. The molecule has 0 bridgehead atoms. The van der Waals surface area contributed by atoms with E-state index in [4.69, 9.17) is 0 Å². The molecule has 46 valence electrons. The van der Waals surface area contributed by atoms with E-state index in [1.807, 2.05) is 0 Å². The third-order valence-electron chi connectivity index (χ3n) is 0.537. The number of hydrogen-bond donors (Lipinski definition) is 1. The monoisotopic (exact) mass is 117 g/mol. The maximum Gasteiger partial charge on any atom is 0.221 e. The molecule has 0 aliphatic carbocycles. The molecule has 8 heavy (non-hydrogen) atoms. The second-order valence-electron chi connectivity index (χ2n) is 1.47. The highest BCUT2D eigenvalue weighted by Gasteiger charge is 1.88. The number of halogens is 1. The Morgan fingerprint density at radius 2 is 2.12 bits per heavy atom. The van der Waals surface area contributed by atoms with Crippen molar-refractivity contribution in [2.75, 3.05) is 0 Å². The average molecular weight is 117 g/mol. The van der Waals surface area contributed by atoms with Gasteiger partial charge in [-0.3, -0.25) is 4.79 Å². The standard InChI is InChI=1S/C5H8FNO/c1-4(3-6)7-5(2)8/h3H,1-2H3,(H,7,8)/b4-3-. The molecule has 0 aromatic heterocycles. The lowest BCUT2D eigenvalue weighted by molar-refractivity contribution is -0.118. The highest BCUT2D eigenvalue weighted by molar-refractivity contribution is 5.74. The minimum atomic E-state index is -0.253. The lowest BCUT2D eigenvalue weighted by atomic mass is 10.5. The van der Waals surface area contributed by atoms with Crippen LogP contribution in [0.1, 0.15) is 13.8 Å². The summed E-state index contributed by atoms with van der Waals surface area (Å²) in [5.74, 6) is -0.253. The van der Waals surface area contributed by atoms with Crippen LogP contribution >= 0.6 is 0 Å². The van der Waals surface area contributed by atoms with Gasteiger partial charge < -0.3 is 5.32 Å². The fourth-order valence-corrected chi connectivity index (χ4v) is 0.305. The van der Waals surface area contributed by atoms with Gasteiger partial charge in [0.15, 0.2) is 0 Å². The molecular formula is C5H8FNO. The predicted octanol–water partition coefficient (Wildman–Crippen LogP) is 0.953. The SMILES string of the molecule is CC(=O)N/C(C)=C\F. The second kappa shape index (κ2) is 3.18. The van der Waals surface area contributed by atoms with Crippen molar-refractivity contribution in [2.24, 2.45) is 0 Å². The molecular weight excluding hydrogens is 109 g/mol. The molecule has 0 aromatic carbocycles. The molecule has 0 aromatic rings. The molecule has 0 heterocycles. The highest BCUT2D eigenvalue weighted by atomic mass is 19.1. The maximum atomic E-state index is 11.4. The first kappa shape index (κ1) is 7.14. The Balaban J connectivity index is 3.56. The third kappa shape index (κ3) is 3.33. The van der Waals surface area contributed by atoms with Crippen LogP contribution in [0.5, 0.6) is 0 Å². The van der Waals surface area contributed by atoms with Gasteiger partial charge in [-0.05, 0) is 6.92 Å². The molecule has 1 N–H and O–H groups in total. The van der Waals surface area contributed by atoms with Crippen LogP contribution in [0.15, 0.2) is 12.0 Å². The van der Waals surface area contributed by atoms with Crippen LogP contribution in [0, 0.1) is 0 Å². The molecule has 0 spiro atoms. The number of carbonyl (C=O) groups is 1. The van der Waals surface area contributed by atoms with Gasteiger partial charge in [0.05, 0.1) is 0 Å². The Hall–Kier alpha value is -0.860. The molecule has 0 saturated carbocycles. The largest absolute Gasteiger partial charge is 0.328 e. The summed E-state index contributed by atoms with van der Waals surface area (Å²) < 4.78 is 11.4. The van der Waals surface area contributed by atoms with Gasteiger partial charge in [-0.15, -0.1) is 0 Å². The molecule has 0 saturated heterocycles. The second-order valence-corrected chi connectivity index (χ2v) is 1.47. The first-order valence-corrected chi connectivity index (χ1v) is 2.21. The summed E-state index contributed by atoms with van der Waals surface area (Å²) in [6.45, 7) is 2.80. The van der Waals surface area contributed by atoms with Gasteiger partial charge in [-0.2, -0.15) is 0 Å². The lowest BCUT2D eigenvalue weighted by Gasteiger charge is -1.95. The molecule has 0 aliphatic heterocycles. The van der Waals surface area contributed by atoms with Crippen molar-refractivity contribution < 1.29 is 9.18 Å². The van der Waals surface area contributed by atoms with Gasteiger partial charge in [0.1, 0.15) is 6.33 Å². The summed E-state index contributed by atoms with van der Waals surface area (Å²) in [6, 6.07) is 0. The Morgan fingerprint density at radius 1 is 1.62 bits per heavy atom. The van der Waals surface area contributed by atoms with Crippen molar-refractivity contribution >= 4 is 5.91 Å². The van der Waals surface area contributed by atoms with Gasteiger partial charge in [0.25, 0.3) is 0 Å². The van der Waals surface area contributed by atoms with Crippen LogP contribution in [0.3, 0.4) is 0 Å². The molecule has 3 heteroatoms. The Labute approximate surface area is 47.4 Å². The highest BCUT2D eigenvalue weighted by Crippen LogP contribution is 1.84. The molecule has 0 radical (unpaired) electrons. The topological polar surface area (TPSA) is 29.1 Å². The molecule has 0 fully saturated rings. The van der Waals surface area contributed by atoms with Crippen LogP contribution in [-0.4, -0.2) is 5.91 Å². The molecule has 0 atom stereocenters. The fourth-order valence-electron chi connectivity index (χ4n) is 0.305. The van der Waals surface area contributed by atoms with Crippen molar-refractivity contribution in [3.8, 4) is 0 Å². The van der Waals surface area contributed by atoms with Crippen molar-refractivity contribution in [1.29, 1.82) is 0 Å². The number of rotatable bonds is 1. The minimum Gasteiger partial charge on any atom is -0.328 e. The van der Waals surface area contributed by atoms with E-state index in [0.29, 0.717) is 6.33 Å². The van der Waals surface area contributed by atoms with E-state index >= 15 is 0 Å². The van der Waals surface area contributed by atoms with E-state index in [1.54, 1.807) is 0 Å². The van der Waals surface area contributed by atoms with Crippen LogP contribution in [-0.2, 0) is 4.79 Å². The smallest absolute Gasteiger partial charge is 0.221 e. The van der Waals surface area contributed by atoms with Crippen molar-refractivity contribution in [3.05, 3.63) is 12.0 Å². The zero-order valence-corrected chi connectivity index (χ0v) is 4.86. The fraction of sp³-hybridized carbons (Fsp3) is 0.400. The summed E-state index contributed by atoms with van der Waals surface area (Å²) in [6.07, 6.45) is 0.349. The van der Waals surface area contributed by atoms with E-state index in [0.717, 1.165) is 0 Å². The number of nitrogens with one attached hydrogen (secondary N) is 1. The van der Waals surface area contributed by atoms with Gasteiger partial charge in [-0.25, -0.2) is 4.39 Å². The number of carbonyl (C=O) groups excluding carboxylic acids is 1. The zero-order chi connectivity index (χ0) is 6.57. The van der Waals surface area contributed by atoms with E-state index in [9.17, 15) is 9.18 Å². The first-order chi connectivity index (χ1) is 3.66. The van der Waals surface area contributed by atoms with E-state index in [1.165, 1.54) is 13.8 Å². The summed E-state index contributed by atoms with van der Waals surface area (Å²) in [4.78, 5) is 10.1. The molecule has 0 unspecified atom stereocenters. The van der Waals surface area contributed by atoms with Gasteiger partial charge in [0.2, 0.25) is 5.91 Å². The quantitative estimate of drug-likeness (QED) is 0.544. The van der Waals surface area contributed by atoms with Crippen LogP contribution < -0.4 is 5.32 Å². The van der Waals surface area contributed by atoms with Crippen LogP contribution in [0.2, 0.25) is 0 Å². The molecule has 2 nitrogen and oxygen atoms in total. The summed E-state index contributed by atoms with van der Waals surface area (Å²) in [5.41, 5.74) is 0.234. The number of allylic oxidation sites excluding steroid dienone is 1. The van der Waals surface area contributed by atoms with Gasteiger partial charge >= 0.3 is 0 Å². The number of hydrogen-bond acceptors (Lipinski definition) is 1. The average Bonchev–Trinajstić information content (AvgIpc) is 1.65. The Bertz CT molecular complexity index is 120. The zero-order valence-electron chi connectivity index (χ0n) is 4.86. The molecule has 0 rings (SSSR count). The van der Waals surface area contributed by atoms with E-state index < -0.39 is 0 Å². The minimum absolute atomic E-state index is 0.234. The van der Waals surface area contributed by atoms with Crippen LogP contribution in [0.4, 0.5) is 4.39 Å². The number of amides is 1. The Kier molecular flexibility index (Phi) is 2.84. The molecule has 0 aliphatic rings. The van der Waals surface area contributed by atoms with E-state index in [-0.39, 0.29) is 11.6 Å². The summed E-state index contributed by atoms with van der Waals surface area (Å²) in [5, 5.41) is 2.24. The van der Waals surface area contributed by atoms with Gasteiger partial charge in [-0.1, -0.05) is 0 Å². The lowest BCUT2D eigenvalue weighted by Crippen LogP contribution is -2.16. The van der Waals surface area contributed by atoms with Crippen molar-refractivity contribution in [3.63, 3.8) is 0 Å². The Morgan fingerprint density at radius 3 is 2.25 bits per heavy atom. The van der Waals surface area contributed by atoms with Crippen molar-refractivity contribution in [1.82, 2.24) is 5.32 Å². The normalized spacial score (nSPS) is 11.1. The van der Waals surface area contributed by atoms with Gasteiger partial charge in [0, 0.05) is 12.6 Å². The van der Waals surface area contributed by atoms with Crippen molar-refractivity contribution in [2.45, 2.75) is 13.8 Å². The summed E-state index contributed by atoms with van der Waals surface area (Å²) in [7, 11) is 0.